The maximum absolute atomic E-state index is 5.74. The second-order valence-corrected chi connectivity index (χ2v) is 22.2. The molecule has 4 aromatic rings. The van der Waals surface area contributed by atoms with E-state index in [0.717, 1.165) is 13.0 Å². The molecule has 166 valence electrons. The van der Waals surface area contributed by atoms with Gasteiger partial charge >= 0.3 is 41.9 Å². The second-order valence-electron chi connectivity index (χ2n) is 8.32. The summed E-state index contributed by atoms with van der Waals surface area (Å²) in [7, 11) is -1.29. The van der Waals surface area contributed by atoms with Crippen LogP contribution in [0.2, 0.25) is 32.7 Å². The van der Waals surface area contributed by atoms with Crippen molar-refractivity contribution in [1.29, 1.82) is 0 Å². The predicted molar refractivity (Wildman–Crippen MR) is 130 cm³/mol. The first-order valence-corrected chi connectivity index (χ1v) is 19.8. The van der Waals surface area contributed by atoms with E-state index in [-0.39, 0.29) is 30.2 Å². The van der Waals surface area contributed by atoms with Gasteiger partial charge in [-0.1, -0.05) is 42.8 Å². The summed E-state index contributed by atoms with van der Waals surface area (Å²) < 4.78 is 5.74. The fourth-order valence-electron chi connectivity index (χ4n) is 2.96. The van der Waals surface area contributed by atoms with Gasteiger partial charge in [0.25, 0.3) is 0 Å². The largest absolute Gasteiger partial charge is 1.00 e. The van der Waals surface area contributed by atoms with Crippen molar-refractivity contribution in [3.8, 4) is 0 Å². The van der Waals surface area contributed by atoms with Crippen LogP contribution in [0.25, 0.3) is 21.5 Å². The molecule has 0 N–H and O–H groups in total. The topological polar surface area (TPSA) is 9.23 Å². The van der Waals surface area contributed by atoms with Crippen molar-refractivity contribution in [3.63, 3.8) is 0 Å². The van der Waals surface area contributed by atoms with Gasteiger partial charge in [0.05, 0.1) is 0 Å². The molecule has 0 aliphatic carbocycles. The van der Waals surface area contributed by atoms with E-state index in [1.165, 1.54) is 27.1 Å². The molecule has 31 heavy (non-hydrogen) atoms. The van der Waals surface area contributed by atoms with E-state index in [4.69, 9.17) is 4.43 Å². The van der Waals surface area contributed by atoms with Crippen molar-refractivity contribution in [2.75, 3.05) is 6.61 Å². The van der Waals surface area contributed by atoms with Crippen molar-refractivity contribution >= 4 is 35.3 Å². The van der Waals surface area contributed by atoms with Gasteiger partial charge in [-0.25, -0.2) is 12.1 Å². The summed E-state index contributed by atoms with van der Waals surface area (Å²) in [6.07, 6.45) is 1.05. The zero-order valence-electron chi connectivity index (χ0n) is 19.1. The molecule has 0 spiro atoms. The molecule has 0 amide bonds. The summed E-state index contributed by atoms with van der Waals surface area (Å²) in [5, 5.41) is 5.39. The molecular weight excluding hydrogens is 535 g/mol. The Labute approximate surface area is 216 Å². The third kappa shape index (κ3) is 11.8. The quantitative estimate of drug-likeness (QED) is 0.268. The molecule has 0 aromatic heterocycles. The number of hydrogen-bond donors (Lipinski definition) is 0. The summed E-state index contributed by atoms with van der Waals surface area (Å²) in [5.41, 5.74) is 1.59. The Kier molecular flexibility index (Phi) is 15.1. The molecule has 0 atom stereocenters. The van der Waals surface area contributed by atoms with E-state index in [0.29, 0.717) is 0 Å². The van der Waals surface area contributed by atoms with E-state index < -0.39 is 8.32 Å². The van der Waals surface area contributed by atoms with Crippen LogP contribution in [0, 0.1) is 0 Å². The number of halogens is 2. The Morgan fingerprint density at radius 3 is 1.68 bits per heavy atom. The van der Waals surface area contributed by atoms with Crippen molar-refractivity contribution in [2.45, 2.75) is 39.2 Å². The molecule has 1 nitrogen and oxygen atoms in total. The summed E-state index contributed by atoms with van der Waals surface area (Å²) >= 11 is 1.74. The van der Waals surface area contributed by atoms with Gasteiger partial charge in [0, 0.05) is 6.61 Å². The molecule has 0 bridgehead atoms. The second kappa shape index (κ2) is 15.4. The maximum atomic E-state index is 5.74. The monoisotopic (exact) mass is 564 g/mol. The average molecular weight is 567 g/mol. The fraction of sp³-hybridized carbons (Fsp3) is 0.280. The summed E-state index contributed by atoms with van der Waals surface area (Å²) in [5.74, 6) is 0. The van der Waals surface area contributed by atoms with Crippen LogP contribution in [0.15, 0.2) is 78.9 Å². The Hall–Kier alpha value is -0.483. The van der Waals surface area contributed by atoms with E-state index in [9.17, 15) is 0 Å². The van der Waals surface area contributed by atoms with Crippen molar-refractivity contribution < 1.29 is 52.6 Å². The zero-order valence-corrected chi connectivity index (χ0v) is 25.1. The first-order chi connectivity index (χ1) is 13.8. The van der Waals surface area contributed by atoms with Crippen LogP contribution in [0.1, 0.15) is 5.56 Å². The Balaban J connectivity index is 0.000000473. The smallest absolute Gasteiger partial charge is 0.0771 e. The molecule has 0 heterocycles. The van der Waals surface area contributed by atoms with Gasteiger partial charge in [-0.2, -0.15) is 17.7 Å². The predicted octanol–water partition coefficient (Wildman–Crippen LogP) is 1.30. The van der Waals surface area contributed by atoms with Crippen LogP contribution in [0.5, 0.6) is 0 Å². The Morgan fingerprint density at radius 2 is 1.26 bits per heavy atom. The number of fused-ring (bicyclic) bond motifs is 3. The van der Waals surface area contributed by atoms with Gasteiger partial charge in [-0.05, 0) is 19.6 Å². The molecule has 0 fully saturated rings. The van der Waals surface area contributed by atoms with Crippen LogP contribution >= 0.6 is 0 Å². The molecule has 0 saturated heterocycles. The standard InChI is InChI=1S/C13H9.C10H17OSi.C2H6Si.2ClH.Zr/c1-3-7-12-10(5-1)9-11-6-2-4-8-13(11)12;1-12(2,3)11-9-8-10-6-4-5-7-10;1-3-2;;;/h1-9H;4-7H,8-9H2,1-3H3;1-2H3;2*1H;/q2*-1;;;;+2/p-2. The van der Waals surface area contributed by atoms with Crippen molar-refractivity contribution in [1.82, 2.24) is 0 Å². The molecule has 0 aliphatic heterocycles. The fourth-order valence-corrected chi connectivity index (χ4v) is 3.67. The Morgan fingerprint density at radius 1 is 0.839 bits per heavy atom. The van der Waals surface area contributed by atoms with Crippen LogP contribution in [-0.4, -0.2) is 20.4 Å². The number of benzene rings is 2. The summed E-state index contributed by atoms with van der Waals surface area (Å²) in [4.78, 5) is 0. The SMILES string of the molecule is C[Si](C)(C)OCC[c-]1cccc1.C[Si](C)=[Zr+2].[Cl-].[Cl-].c1ccc2c(c1)[cH-]c1ccccc12. The van der Waals surface area contributed by atoms with E-state index in [1.54, 1.807) is 23.3 Å². The average Bonchev–Trinajstić information content (AvgIpc) is 3.28. The van der Waals surface area contributed by atoms with Gasteiger partial charge in [-0.15, -0.1) is 39.7 Å². The molecule has 4 rings (SSSR count). The van der Waals surface area contributed by atoms with E-state index >= 15 is 0 Å². The van der Waals surface area contributed by atoms with Crippen LogP contribution in [0.3, 0.4) is 0 Å². The van der Waals surface area contributed by atoms with Gasteiger partial charge in [0.15, 0.2) is 8.32 Å². The molecule has 4 aromatic carbocycles. The minimum absolute atomic E-state index is 0. The van der Waals surface area contributed by atoms with Gasteiger partial charge in [0.1, 0.15) is 0 Å². The minimum Gasteiger partial charge on any atom is -1.00 e. The Bertz CT molecular complexity index is 967. The molecule has 0 aliphatic rings. The number of hydrogen-bond acceptors (Lipinski definition) is 1. The minimum atomic E-state index is -1.29. The van der Waals surface area contributed by atoms with Crippen LogP contribution < -0.4 is 24.8 Å². The third-order valence-corrected chi connectivity index (χ3v) is 5.25. The molecule has 0 saturated carbocycles. The molecule has 6 heteroatoms. The van der Waals surface area contributed by atoms with Gasteiger partial charge in [-0.3, -0.25) is 0 Å². The van der Waals surface area contributed by atoms with Crippen molar-refractivity contribution in [3.05, 3.63) is 84.4 Å². The first-order valence-electron chi connectivity index (χ1n) is 10.2. The third-order valence-electron chi connectivity index (χ3n) is 4.18. The van der Waals surface area contributed by atoms with Gasteiger partial charge in [0.2, 0.25) is 0 Å². The summed E-state index contributed by atoms with van der Waals surface area (Å²) in [6.45, 7) is 12.2. The molecular formula is C25H32Cl2OSi2Zr-2. The van der Waals surface area contributed by atoms with Crippen LogP contribution in [0.4, 0.5) is 0 Å². The molecule has 0 radical (unpaired) electrons. The zero-order chi connectivity index (χ0) is 21.3. The number of rotatable bonds is 4. The van der Waals surface area contributed by atoms with Crippen LogP contribution in [-0.2, 0) is 34.2 Å². The van der Waals surface area contributed by atoms with Crippen molar-refractivity contribution in [2.24, 2.45) is 0 Å². The molecule has 0 unspecified atom stereocenters. The van der Waals surface area contributed by atoms with E-state index in [1.807, 2.05) is 0 Å². The maximum Gasteiger partial charge on any atom is -0.0771 e. The summed E-state index contributed by atoms with van der Waals surface area (Å²) in [6, 6.07) is 27.7. The first kappa shape index (κ1) is 30.5. The van der Waals surface area contributed by atoms with Gasteiger partial charge < -0.3 is 29.2 Å². The normalized spacial score (nSPS) is 10.2. The van der Waals surface area contributed by atoms with E-state index in [2.05, 4.69) is 112 Å².